The van der Waals surface area contributed by atoms with Gasteiger partial charge in [0, 0.05) is 27.3 Å². The molecule has 5 nitrogen and oxygen atoms in total. The average Bonchev–Trinajstić information content (AvgIpc) is 2.08. The Hall–Kier alpha value is -0.880. The van der Waals surface area contributed by atoms with E-state index in [0.717, 1.165) is 10.3 Å². The zero-order valence-corrected chi connectivity index (χ0v) is 9.38. The molecule has 1 heterocycles. The van der Waals surface area contributed by atoms with Crippen LogP contribution < -0.4 is 10.7 Å². The molecule has 1 rings (SSSR count). The van der Waals surface area contributed by atoms with Gasteiger partial charge in [0.15, 0.2) is 5.82 Å². The van der Waals surface area contributed by atoms with E-state index in [0.29, 0.717) is 5.95 Å². The van der Waals surface area contributed by atoms with Crippen LogP contribution in [0.25, 0.3) is 0 Å². The second-order valence-corrected chi connectivity index (χ2v) is 3.50. The van der Waals surface area contributed by atoms with Crippen LogP contribution in [0, 0.1) is 0 Å². The molecule has 0 aliphatic rings. The monoisotopic (exact) mass is 245 g/mol. The summed E-state index contributed by atoms with van der Waals surface area (Å²) in [5.74, 6) is 1.33. The van der Waals surface area contributed by atoms with E-state index in [1.54, 1.807) is 13.2 Å². The van der Waals surface area contributed by atoms with Crippen molar-refractivity contribution >= 4 is 27.7 Å². The topological polar surface area (TPSA) is 53.1 Å². The summed E-state index contributed by atoms with van der Waals surface area (Å²) in [6.07, 6.45) is 1.70. The van der Waals surface area contributed by atoms with Crippen LogP contribution in [0.4, 0.5) is 11.8 Å². The third-order valence-corrected chi connectivity index (χ3v) is 1.88. The molecule has 72 valence electrons. The number of hydrogen-bond donors (Lipinski definition) is 2. The van der Waals surface area contributed by atoms with Gasteiger partial charge in [-0.15, -0.1) is 0 Å². The second-order valence-electron chi connectivity index (χ2n) is 2.65. The van der Waals surface area contributed by atoms with Gasteiger partial charge in [0.05, 0.1) is 4.47 Å². The van der Waals surface area contributed by atoms with Crippen LogP contribution in [-0.2, 0) is 0 Å². The van der Waals surface area contributed by atoms with Crippen LogP contribution in [0.3, 0.4) is 0 Å². The molecule has 6 heteroatoms. The van der Waals surface area contributed by atoms with E-state index in [2.05, 4.69) is 36.6 Å². The van der Waals surface area contributed by atoms with Crippen molar-refractivity contribution in [1.82, 2.24) is 15.0 Å². The van der Waals surface area contributed by atoms with Crippen molar-refractivity contribution in [2.75, 3.05) is 31.9 Å². The molecule has 0 radical (unpaired) electrons. The van der Waals surface area contributed by atoms with Crippen LogP contribution >= 0.6 is 15.9 Å². The lowest BCUT2D eigenvalue weighted by molar-refractivity contribution is 0.491. The van der Waals surface area contributed by atoms with Crippen LogP contribution in [0.15, 0.2) is 10.7 Å². The molecular weight excluding hydrogens is 234 g/mol. The molecule has 0 aliphatic carbocycles. The molecule has 0 spiro atoms. The molecule has 0 atom stereocenters. The molecule has 0 amide bonds. The summed E-state index contributed by atoms with van der Waals surface area (Å²) in [7, 11) is 5.57. The molecule has 0 aliphatic heterocycles. The average molecular weight is 246 g/mol. The lowest BCUT2D eigenvalue weighted by Gasteiger charge is -2.14. The van der Waals surface area contributed by atoms with Gasteiger partial charge in [0.2, 0.25) is 5.95 Å². The van der Waals surface area contributed by atoms with E-state index in [-0.39, 0.29) is 0 Å². The standard InChI is InChI=1S/C7H12BrN5/c1-9-7-10-4-5(8)6(11-7)12-13(2)3/h4H,1-3H3,(H2,9,10,11,12). The van der Waals surface area contributed by atoms with Crippen LogP contribution in [0.5, 0.6) is 0 Å². The summed E-state index contributed by atoms with van der Waals surface area (Å²) in [4.78, 5) is 8.25. The molecule has 0 saturated carbocycles. The number of nitrogens with one attached hydrogen (secondary N) is 2. The fraction of sp³-hybridized carbons (Fsp3) is 0.429. The number of halogens is 1. The fourth-order valence-electron chi connectivity index (χ4n) is 0.778. The van der Waals surface area contributed by atoms with Crippen molar-refractivity contribution in [3.63, 3.8) is 0 Å². The molecule has 0 unspecified atom stereocenters. The molecule has 0 fully saturated rings. The maximum Gasteiger partial charge on any atom is 0.224 e. The molecule has 0 bridgehead atoms. The highest BCUT2D eigenvalue weighted by Gasteiger charge is 2.03. The SMILES string of the molecule is CNc1ncc(Br)c(NN(C)C)n1. The maximum absolute atomic E-state index is 4.21. The van der Waals surface area contributed by atoms with Gasteiger partial charge in [0.1, 0.15) is 0 Å². The van der Waals surface area contributed by atoms with E-state index >= 15 is 0 Å². The summed E-state index contributed by atoms with van der Waals surface area (Å²) in [5, 5.41) is 4.68. The van der Waals surface area contributed by atoms with Gasteiger partial charge in [-0.1, -0.05) is 0 Å². The number of hydrogen-bond acceptors (Lipinski definition) is 5. The Morgan fingerprint density at radius 1 is 1.46 bits per heavy atom. The molecule has 1 aromatic rings. The van der Waals surface area contributed by atoms with Gasteiger partial charge in [0.25, 0.3) is 0 Å². The smallest absolute Gasteiger partial charge is 0.224 e. The summed E-state index contributed by atoms with van der Waals surface area (Å²) >= 11 is 3.35. The van der Waals surface area contributed by atoms with Gasteiger partial charge in [-0.25, -0.2) is 9.99 Å². The Morgan fingerprint density at radius 2 is 2.15 bits per heavy atom. The Morgan fingerprint density at radius 3 is 2.69 bits per heavy atom. The predicted octanol–water partition coefficient (Wildman–Crippen LogP) is 1.17. The Labute approximate surface area is 85.7 Å². The zero-order chi connectivity index (χ0) is 9.84. The van der Waals surface area contributed by atoms with Crippen LogP contribution in [0.1, 0.15) is 0 Å². The highest BCUT2D eigenvalue weighted by molar-refractivity contribution is 9.10. The lowest BCUT2D eigenvalue weighted by atomic mass is 10.6. The molecule has 0 aromatic carbocycles. The third kappa shape index (κ3) is 2.82. The maximum atomic E-state index is 4.21. The number of aromatic nitrogens is 2. The number of nitrogens with zero attached hydrogens (tertiary/aromatic N) is 3. The molecule has 2 N–H and O–H groups in total. The first-order valence-electron chi connectivity index (χ1n) is 3.77. The highest BCUT2D eigenvalue weighted by Crippen LogP contribution is 2.19. The van der Waals surface area contributed by atoms with Gasteiger partial charge in [-0.2, -0.15) is 4.98 Å². The number of rotatable bonds is 3. The Balaban J connectivity index is 2.90. The van der Waals surface area contributed by atoms with Crippen molar-refractivity contribution < 1.29 is 0 Å². The van der Waals surface area contributed by atoms with Gasteiger partial charge < -0.3 is 10.7 Å². The van der Waals surface area contributed by atoms with E-state index in [1.807, 2.05) is 19.1 Å². The van der Waals surface area contributed by atoms with Crippen molar-refractivity contribution in [2.24, 2.45) is 0 Å². The summed E-state index contributed by atoms with van der Waals surface area (Å²) in [6, 6.07) is 0. The Kier molecular flexibility index (Phi) is 3.44. The summed E-state index contributed by atoms with van der Waals surface area (Å²) in [5.41, 5.74) is 3.04. The van der Waals surface area contributed by atoms with Crippen molar-refractivity contribution in [3.8, 4) is 0 Å². The van der Waals surface area contributed by atoms with E-state index < -0.39 is 0 Å². The number of anilines is 2. The minimum absolute atomic E-state index is 0.590. The molecular formula is C7H12BrN5. The van der Waals surface area contributed by atoms with Crippen LogP contribution in [-0.4, -0.2) is 36.1 Å². The minimum Gasteiger partial charge on any atom is -0.357 e. The van der Waals surface area contributed by atoms with Crippen molar-refractivity contribution in [3.05, 3.63) is 10.7 Å². The largest absolute Gasteiger partial charge is 0.357 e. The van der Waals surface area contributed by atoms with Crippen LogP contribution in [0.2, 0.25) is 0 Å². The van der Waals surface area contributed by atoms with E-state index in [9.17, 15) is 0 Å². The van der Waals surface area contributed by atoms with Crippen molar-refractivity contribution in [1.29, 1.82) is 0 Å². The van der Waals surface area contributed by atoms with Crippen molar-refractivity contribution in [2.45, 2.75) is 0 Å². The number of hydrazine groups is 1. The molecule has 13 heavy (non-hydrogen) atoms. The summed E-state index contributed by atoms with van der Waals surface area (Å²) in [6.45, 7) is 0. The quantitative estimate of drug-likeness (QED) is 0.784. The normalized spacial score (nSPS) is 10.2. The van der Waals surface area contributed by atoms with Gasteiger partial charge in [-0.05, 0) is 15.9 Å². The Bertz CT molecular complexity index is 288. The lowest BCUT2D eigenvalue weighted by Crippen LogP contribution is -2.21. The highest BCUT2D eigenvalue weighted by atomic mass is 79.9. The van der Waals surface area contributed by atoms with Gasteiger partial charge in [-0.3, -0.25) is 0 Å². The second kappa shape index (κ2) is 4.38. The predicted molar refractivity (Wildman–Crippen MR) is 56.6 cm³/mol. The fourth-order valence-corrected chi connectivity index (χ4v) is 1.06. The first-order valence-corrected chi connectivity index (χ1v) is 4.57. The first-order chi connectivity index (χ1) is 6.13. The van der Waals surface area contributed by atoms with E-state index in [1.165, 1.54) is 0 Å². The third-order valence-electron chi connectivity index (χ3n) is 1.30. The van der Waals surface area contributed by atoms with Gasteiger partial charge >= 0.3 is 0 Å². The first kappa shape index (κ1) is 10.2. The minimum atomic E-state index is 0.590. The van der Waals surface area contributed by atoms with E-state index in [4.69, 9.17) is 0 Å². The molecule has 1 aromatic heterocycles. The molecule has 0 saturated heterocycles. The zero-order valence-electron chi connectivity index (χ0n) is 7.80. The summed E-state index contributed by atoms with van der Waals surface area (Å²) < 4.78 is 0.834.